The average Bonchev–Trinajstić information content (AvgIpc) is 2.38. The zero-order chi connectivity index (χ0) is 13.0. The van der Waals surface area contributed by atoms with Crippen molar-refractivity contribution >= 4 is 22.4 Å². The monoisotopic (exact) mass is 238 g/mol. The molecule has 0 aliphatic carbocycles. The van der Waals surface area contributed by atoms with Crippen LogP contribution >= 0.6 is 0 Å². The molecular formula is C15H14N2O. The number of hydrogen-bond acceptors (Lipinski definition) is 2. The number of fused-ring (bicyclic) bond motifs is 1. The summed E-state index contributed by atoms with van der Waals surface area (Å²) in [6.45, 7) is 2.07. The number of nitrogens with two attached hydrogens (primary N) is 1. The zero-order valence-corrected chi connectivity index (χ0v) is 10.2. The number of amides is 1. The smallest absolute Gasteiger partial charge is 0.254 e. The molecule has 0 aromatic heterocycles. The summed E-state index contributed by atoms with van der Waals surface area (Å²) in [6.07, 6.45) is 0. The molecule has 2 aromatic rings. The topological polar surface area (TPSA) is 55.1 Å². The maximum absolute atomic E-state index is 11.9. The maximum atomic E-state index is 11.9. The van der Waals surface area contributed by atoms with Gasteiger partial charge in [-0.25, -0.2) is 0 Å². The van der Waals surface area contributed by atoms with Crippen LogP contribution in [0.15, 0.2) is 36.4 Å². The normalized spacial score (nSPS) is 9.61. The summed E-state index contributed by atoms with van der Waals surface area (Å²) < 4.78 is 0. The molecule has 0 aliphatic heterocycles. The molecule has 0 fully saturated rings. The molecule has 0 radical (unpaired) electrons. The minimum absolute atomic E-state index is 0.194. The van der Waals surface area contributed by atoms with Gasteiger partial charge in [0.05, 0.1) is 12.1 Å². The van der Waals surface area contributed by atoms with Crippen molar-refractivity contribution in [1.29, 1.82) is 0 Å². The highest BCUT2D eigenvalue weighted by molar-refractivity contribution is 6.03. The van der Waals surface area contributed by atoms with Crippen molar-refractivity contribution in [3.8, 4) is 11.8 Å². The minimum atomic E-state index is -0.194. The van der Waals surface area contributed by atoms with Crippen molar-refractivity contribution < 1.29 is 4.79 Å². The molecule has 0 bridgehead atoms. The molecule has 1 amide bonds. The summed E-state index contributed by atoms with van der Waals surface area (Å²) in [4.78, 5) is 11.9. The van der Waals surface area contributed by atoms with Gasteiger partial charge in [0.15, 0.2) is 0 Å². The van der Waals surface area contributed by atoms with Crippen molar-refractivity contribution in [2.75, 3.05) is 12.3 Å². The number of hydrogen-bond donors (Lipinski definition) is 2. The van der Waals surface area contributed by atoms with E-state index in [1.807, 2.05) is 30.3 Å². The van der Waals surface area contributed by atoms with Crippen LogP contribution in [-0.2, 0) is 0 Å². The Kier molecular flexibility index (Phi) is 3.49. The van der Waals surface area contributed by atoms with Crippen LogP contribution in [0.3, 0.4) is 0 Å². The van der Waals surface area contributed by atoms with Crippen LogP contribution in [0.1, 0.15) is 17.3 Å². The Bertz CT molecular complexity index is 650. The quantitative estimate of drug-likeness (QED) is 0.622. The lowest BCUT2D eigenvalue weighted by molar-refractivity contribution is 0.0959. The SMILES string of the molecule is CC#CCNC(=O)c1cc2ccccc2cc1N. The molecule has 0 saturated carbocycles. The molecule has 3 heteroatoms. The lowest BCUT2D eigenvalue weighted by Crippen LogP contribution is -2.24. The van der Waals surface area contributed by atoms with Gasteiger partial charge in [0.1, 0.15) is 0 Å². The fraction of sp³-hybridized carbons (Fsp3) is 0.133. The molecule has 18 heavy (non-hydrogen) atoms. The number of nitrogen functional groups attached to an aromatic ring is 1. The average molecular weight is 238 g/mol. The highest BCUT2D eigenvalue weighted by Gasteiger charge is 2.09. The largest absolute Gasteiger partial charge is 0.398 e. The number of anilines is 1. The van der Waals surface area contributed by atoms with Crippen LogP contribution in [0, 0.1) is 11.8 Å². The third-order valence-electron chi connectivity index (χ3n) is 2.68. The molecule has 3 nitrogen and oxygen atoms in total. The summed E-state index contributed by atoms with van der Waals surface area (Å²) in [6, 6.07) is 11.4. The lowest BCUT2D eigenvalue weighted by atomic mass is 10.0. The van der Waals surface area contributed by atoms with Gasteiger partial charge in [-0.1, -0.05) is 30.2 Å². The fourth-order valence-corrected chi connectivity index (χ4v) is 1.76. The van der Waals surface area contributed by atoms with E-state index in [0.29, 0.717) is 17.8 Å². The number of rotatable bonds is 2. The van der Waals surface area contributed by atoms with Gasteiger partial charge in [-0.05, 0) is 29.8 Å². The van der Waals surface area contributed by atoms with Crippen molar-refractivity contribution in [3.63, 3.8) is 0 Å². The van der Waals surface area contributed by atoms with E-state index in [0.717, 1.165) is 10.8 Å². The molecular weight excluding hydrogens is 224 g/mol. The van der Waals surface area contributed by atoms with Gasteiger partial charge < -0.3 is 11.1 Å². The summed E-state index contributed by atoms with van der Waals surface area (Å²) in [7, 11) is 0. The second-order valence-electron chi connectivity index (χ2n) is 3.90. The van der Waals surface area contributed by atoms with Gasteiger partial charge >= 0.3 is 0 Å². The first kappa shape index (κ1) is 12.0. The molecule has 2 rings (SSSR count). The summed E-state index contributed by atoms with van der Waals surface area (Å²) in [5.41, 5.74) is 6.87. The predicted octanol–water partition coefficient (Wildman–Crippen LogP) is 2.18. The highest BCUT2D eigenvalue weighted by Crippen LogP contribution is 2.21. The van der Waals surface area contributed by atoms with E-state index in [1.165, 1.54) is 0 Å². The van der Waals surface area contributed by atoms with Crippen molar-refractivity contribution in [2.24, 2.45) is 0 Å². The second kappa shape index (κ2) is 5.24. The van der Waals surface area contributed by atoms with E-state index in [4.69, 9.17) is 5.73 Å². The zero-order valence-electron chi connectivity index (χ0n) is 10.2. The first-order chi connectivity index (χ1) is 8.72. The van der Waals surface area contributed by atoms with E-state index < -0.39 is 0 Å². The summed E-state index contributed by atoms with van der Waals surface area (Å²) >= 11 is 0. The molecule has 0 aliphatic rings. The Hall–Kier alpha value is -2.47. The third-order valence-corrected chi connectivity index (χ3v) is 2.68. The fourth-order valence-electron chi connectivity index (χ4n) is 1.76. The minimum Gasteiger partial charge on any atom is -0.398 e. The Labute approximate surface area is 106 Å². The van der Waals surface area contributed by atoms with Crippen molar-refractivity contribution in [3.05, 3.63) is 42.0 Å². The van der Waals surface area contributed by atoms with Crippen molar-refractivity contribution in [1.82, 2.24) is 5.32 Å². The first-order valence-corrected chi connectivity index (χ1v) is 5.68. The van der Waals surface area contributed by atoms with Gasteiger partial charge in [0, 0.05) is 5.69 Å². The molecule has 0 unspecified atom stereocenters. The Morgan fingerprint density at radius 2 is 1.94 bits per heavy atom. The molecule has 0 atom stereocenters. The van der Waals surface area contributed by atoms with Crippen molar-refractivity contribution in [2.45, 2.75) is 6.92 Å². The Morgan fingerprint density at radius 3 is 2.61 bits per heavy atom. The van der Waals surface area contributed by atoms with Gasteiger partial charge in [-0.2, -0.15) is 0 Å². The van der Waals surface area contributed by atoms with Gasteiger partial charge in [0.25, 0.3) is 5.91 Å². The Balaban J connectivity index is 2.34. The molecule has 90 valence electrons. The number of carbonyl (C=O) groups is 1. The Morgan fingerprint density at radius 1 is 1.28 bits per heavy atom. The summed E-state index contributed by atoms with van der Waals surface area (Å²) in [5, 5.41) is 4.74. The van der Waals surface area contributed by atoms with Crippen LogP contribution in [-0.4, -0.2) is 12.5 Å². The van der Waals surface area contributed by atoms with E-state index >= 15 is 0 Å². The second-order valence-corrected chi connectivity index (χ2v) is 3.90. The molecule has 0 spiro atoms. The van der Waals surface area contributed by atoms with Gasteiger partial charge in [0.2, 0.25) is 0 Å². The maximum Gasteiger partial charge on any atom is 0.254 e. The van der Waals surface area contributed by atoms with Crippen LogP contribution < -0.4 is 11.1 Å². The summed E-state index contributed by atoms with van der Waals surface area (Å²) in [5.74, 6) is 5.31. The number of carbonyl (C=O) groups excluding carboxylic acids is 1. The number of nitrogens with one attached hydrogen (secondary N) is 1. The van der Waals surface area contributed by atoms with Gasteiger partial charge in [-0.3, -0.25) is 4.79 Å². The highest BCUT2D eigenvalue weighted by atomic mass is 16.1. The number of benzene rings is 2. The van der Waals surface area contributed by atoms with E-state index in [1.54, 1.807) is 13.0 Å². The standard InChI is InChI=1S/C15H14N2O/c1-2-3-8-17-15(18)13-9-11-6-4-5-7-12(11)10-14(13)16/h4-7,9-10H,8,16H2,1H3,(H,17,18). The lowest BCUT2D eigenvalue weighted by Gasteiger charge is -2.07. The molecule has 0 saturated heterocycles. The van der Waals surface area contributed by atoms with E-state index in [2.05, 4.69) is 17.2 Å². The first-order valence-electron chi connectivity index (χ1n) is 5.68. The van der Waals surface area contributed by atoms with Gasteiger partial charge in [-0.15, -0.1) is 5.92 Å². The third kappa shape index (κ3) is 2.44. The predicted molar refractivity (Wildman–Crippen MR) is 74.1 cm³/mol. The molecule has 3 N–H and O–H groups in total. The molecule has 0 heterocycles. The van der Waals surface area contributed by atoms with E-state index in [9.17, 15) is 4.79 Å². The van der Waals surface area contributed by atoms with E-state index in [-0.39, 0.29) is 5.91 Å². The van der Waals surface area contributed by atoms with Crippen LogP contribution in [0.25, 0.3) is 10.8 Å². The van der Waals surface area contributed by atoms with Crippen LogP contribution in [0.5, 0.6) is 0 Å². The molecule has 2 aromatic carbocycles. The van der Waals surface area contributed by atoms with Crippen LogP contribution in [0.4, 0.5) is 5.69 Å². The van der Waals surface area contributed by atoms with Crippen LogP contribution in [0.2, 0.25) is 0 Å².